The molecule has 0 aliphatic carbocycles. The molecule has 88 valence electrons. The van der Waals surface area contributed by atoms with E-state index in [0.29, 0.717) is 20.9 Å². The van der Waals surface area contributed by atoms with Crippen LogP contribution in [0.4, 0.5) is 10.1 Å². The van der Waals surface area contributed by atoms with E-state index in [4.69, 9.17) is 11.6 Å². The predicted octanol–water partition coefficient (Wildman–Crippen LogP) is 3.82. The van der Waals surface area contributed by atoms with Gasteiger partial charge in [-0.3, -0.25) is 4.79 Å². The topological polar surface area (TPSA) is 44.9 Å². The third-order valence-corrected chi connectivity index (χ3v) is 2.98. The lowest BCUT2D eigenvalue weighted by atomic mass is 10.3. The van der Waals surface area contributed by atoms with Crippen LogP contribution in [-0.4, -0.2) is 10.9 Å². The van der Waals surface area contributed by atoms with Gasteiger partial charge in [0.2, 0.25) is 0 Å². The molecule has 2 aromatic rings. The zero-order valence-electron chi connectivity index (χ0n) is 8.43. The number of benzene rings is 1. The highest BCUT2D eigenvalue weighted by Gasteiger charge is 2.10. The minimum Gasteiger partial charge on any atom is -0.356 e. The quantitative estimate of drug-likeness (QED) is 0.869. The van der Waals surface area contributed by atoms with E-state index in [0.717, 1.165) is 0 Å². The van der Waals surface area contributed by atoms with Crippen LogP contribution < -0.4 is 5.32 Å². The molecular formula is C11H7BrClFN2O. The lowest BCUT2D eigenvalue weighted by Crippen LogP contribution is -2.12. The maximum Gasteiger partial charge on any atom is 0.272 e. The van der Waals surface area contributed by atoms with Gasteiger partial charge in [0.1, 0.15) is 11.5 Å². The lowest BCUT2D eigenvalue weighted by Gasteiger charge is -2.06. The zero-order valence-corrected chi connectivity index (χ0v) is 10.8. The first-order valence-electron chi connectivity index (χ1n) is 4.66. The van der Waals surface area contributed by atoms with Crippen molar-refractivity contribution in [2.24, 2.45) is 0 Å². The SMILES string of the molecule is O=C(Nc1cc(F)ccc1Br)c1cc(Cl)c[nH]1. The zero-order chi connectivity index (χ0) is 12.4. The van der Waals surface area contributed by atoms with Gasteiger partial charge in [0.25, 0.3) is 5.91 Å². The summed E-state index contributed by atoms with van der Waals surface area (Å²) in [5, 5.41) is 3.00. The summed E-state index contributed by atoms with van der Waals surface area (Å²) in [6.07, 6.45) is 1.50. The molecular weight excluding hydrogens is 310 g/mol. The summed E-state index contributed by atoms with van der Waals surface area (Å²) >= 11 is 8.90. The molecule has 0 radical (unpaired) electrons. The van der Waals surface area contributed by atoms with Crippen LogP contribution in [0.3, 0.4) is 0 Å². The number of amides is 1. The van der Waals surface area contributed by atoms with Crippen LogP contribution in [0.2, 0.25) is 5.02 Å². The summed E-state index contributed by atoms with van der Waals surface area (Å²) < 4.78 is 13.6. The second-order valence-corrected chi connectivity index (χ2v) is 4.60. The standard InChI is InChI=1S/C11H7BrClFN2O/c12-8-2-1-7(14)4-9(8)16-11(17)10-3-6(13)5-15-10/h1-5,15H,(H,16,17). The van der Waals surface area contributed by atoms with Gasteiger partial charge in [-0.05, 0) is 40.2 Å². The first-order chi connectivity index (χ1) is 8.06. The fourth-order valence-electron chi connectivity index (χ4n) is 1.28. The molecule has 0 atom stereocenters. The minimum atomic E-state index is -0.423. The molecule has 0 fully saturated rings. The van der Waals surface area contributed by atoms with Gasteiger partial charge >= 0.3 is 0 Å². The molecule has 1 aromatic heterocycles. The van der Waals surface area contributed by atoms with E-state index in [1.165, 1.54) is 30.5 Å². The van der Waals surface area contributed by atoms with Crippen molar-refractivity contribution in [2.45, 2.75) is 0 Å². The van der Waals surface area contributed by atoms with E-state index in [2.05, 4.69) is 26.2 Å². The summed E-state index contributed by atoms with van der Waals surface area (Å²) in [6, 6.07) is 5.54. The number of carbonyl (C=O) groups is 1. The van der Waals surface area contributed by atoms with Gasteiger partial charge in [-0.15, -0.1) is 0 Å². The molecule has 1 aromatic carbocycles. The van der Waals surface area contributed by atoms with Crippen LogP contribution in [-0.2, 0) is 0 Å². The summed E-state index contributed by atoms with van der Waals surface area (Å²) in [4.78, 5) is 14.5. The molecule has 6 heteroatoms. The lowest BCUT2D eigenvalue weighted by molar-refractivity contribution is 0.102. The molecule has 1 heterocycles. The van der Waals surface area contributed by atoms with Gasteiger partial charge < -0.3 is 10.3 Å². The van der Waals surface area contributed by atoms with Crippen LogP contribution in [0.15, 0.2) is 34.9 Å². The number of carbonyl (C=O) groups excluding carboxylic acids is 1. The Bertz CT molecular complexity index is 570. The molecule has 0 aliphatic rings. The fourth-order valence-corrected chi connectivity index (χ4v) is 1.79. The molecule has 0 saturated carbocycles. The van der Waals surface area contributed by atoms with Crippen molar-refractivity contribution >= 4 is 39.1 Å². The van der Waals surface area contributed by atoms with Gasteiger partial charge in [-0.1, -0.05) is 11.6 Å². The van der Waals surface area contributed by atoms with Gasteiger partial charge in [-0.2, -0.15) is 0 Å². The van der Waals surface area contributed by atoms with Crippen LogP contribution in [0.1, 0.15) is 10.5 Å². The van der Waals surface area contributed by atoms with E-state index in [9.17, 15) is 9.18 Å². The smallest absolute Gasteiger partial charge is 0.272 e. The van der Waals surface area contributed by atoms with Crippen molar-refractivity contribution in [3.8, 4) is 0 Å². The number of hydrogen-bond acceptors (Lipinski definition) is 1. The molecule has 0 bridgehead atoms. The summed E-state index contributed by atoms with van der Waals surface area (Å²) in [7, 11) is 0. The normalized spacial score (nSPS) is 10.3. The van der Waals surface area contributed by atoms with Crippen LogP contribution in [0.25, 0.3) is 0 Å². The van der Waals surface area contributed by atoms with Crippen molar-refractivity contribution in [3.63, 3.8) is 0 Å². The van der Waals surface area contributed by atoms with E-state index in [-0.39, 0.29) is 5.91 Å². The Morgan fingerprint density at radius 2 is 2.18 bits per heavy atom. The molecule has 3 nitrogen and oxygen atoms in total. The second-order valence-electron chi connectivity index (χ2n) is 3.31. The summed E-state index contributed by atoms with van der Waals surface area (Å²) in [6.45, 7) is 0. The number of aromatic nitrogens is 1. The number of hydrogen-bond donors (Lipinski definition) is 2. The highest BCUT2D eigenvalue weighted by Crippen LogP contribution is 2.23. The number of aromatic amines is 1. The van der Waals surface area contributed by atoms with Gasteiger partial charge in [0, 0.05) is 10.7 Å². The molecule has 0 unspecified atom stereocenters. The van der Waals surface area contributed by atoms with Crippen molar-refractivity contribution in [1.29, 1.82) is 0 Å². The summed E-state index contributed by atoms with van der Waals surface area (Å²) in [5.74, 6) is -0.809. The largest absolute Gasteiger partial charge is 0.356 e. The van der Waals surface area contributed by atoms with Crippen molar-refractivity contribution in [2.75, 3.05) is 5.32 Å². The Kier molecular flexibility index (Phi) is 3.49. The number of halogens is 3. The number of H-pyrrole nitrogens is 1. The van der Waals surface area contributed by atoms with Crippen LogP contribution in [0, 0.1) is 5.82 Å². The molecule has 0 spiro atoms. The highest BCUT2D eigenvalue weighted by molar-refractivity contribution is 9.10. The Morgan fingerprint density at radius 3 is 2.82 bits per heavy atom. The molecule has 0 aliphatic heterocycles. The molecule has 0 saturated heterocycles. The average molecular weight is 318 g/mol. The van der Waals surface area contributed by atoms with Crippen LogP contribution in [0.5, 0.6) is 0 Å². The Morgan fingerprint density at radius 1 is 1.41 bits per heavy atom. The van der Waals surface area contributed by atoms with Crippen molar-refractivity contribution in [3.05, 3.63) is 51.5 Å². The third-order valence-electron chi connectivity index (χ3n) is 2.07. The Labute approximate surface area is 110 Å². The molecule has 1 amide bonds. The van der Waals surface area contributed by atoms with Gasteiger partial charge in [0.05, 0.1) is 10.7 Å². The van der Waals surface area contributed by atoms with Crippen molar-refractivity contribution < 1.29 is 9.18 Å². The first kappa shape index (κ1) is 12.1. The van der Waals surface area contributed by atoms with Crippen molar-refractivity contribution in [1.82, 2.24) is 4.98 Å². The maximum absolute atomic E-state index is 13.0. The first-order valence-corrected chi connectivity index (χ1v) is 5.83. The summed E-state index contributed by atoms with van der Waals surface area (Å²) in [5.41, 5.74) is 0.673. The number of rotatable bonds is 2. The fraction of sp³-hybridized carbons (Fsp3) is 0. The maximum atomic E-state index is 13.0. The molecule has 2 N–H and O–H groups in total. The van der Waals surface area contributed by atoms with E-state index >= 15 is 0 Å². The second kappa shape index (κ2) is 4.89. The van der Waals surface area contributed by atoms with E-state index in [1.54, 1.807) is 0 Å². The molecule has 17 heavy (non-hydrogen) atoms. The Hall–Kier alpha value is -1.33. The number of anilines is 1. The van der Waals surface area contributed by atoms with E-state index < -0.39 is 5.82 Å². The minimum absolute atomic E-state index is 0.311. The highest BCUT2D eigenvalue weighted by atomic mass is 79.9. The van der Waals surface area contributed by atoms with Crippen LogP contribution >= 0.6 is 27.5 Å². The average Bonchev–Trinajstić information content (AvgIpc) is 2.70. The Balaban J connectivity index is 2.21. The van der Waals surface area contributed by atoms with Gasteiger partial charge in [-0.25, -0.2) is 4.39 Å². The molecule has 2 rings (SSSR count). The van der Waals surface area contributed by atoms with Gasteiger partial charge in [0.15, 0.2) is 0 Å². The predicted molar refractivity (Wildman–Crippen MR) is 67.9 cm³/mol. The monoisotopic (exact) mass is 316 g/mol. The number of nitrogens with one attached hydrogen (secondary N) is 2. The van der Waals surface area contributed by atoms with E-state index in [1.807, 2.05) is 0 Å². The third kappa shape index (κ3) is 2.87.